The number of anilines is 4. The number of halogens is 1. The van der Waals surface area contributed by atoms with Crippen molar-refractivity contribution in [3.05, 3.63) is 77.3 Å². The Kier molecular flexibility index (Phi) is 6.20. The van der Waals surface area contributed by atoms with Crippen molar-refractivity contribution < 1.29 is 9.18 Å². The number of thiophene rings is 1. The summed E-state index contributed by atoms with van der Waals surface area (Å²) in [6.07, 6.45) is 5.66. The van der Waals surface area contributed by atoms with E-state index in [1.807, 2.05) is 30.9 Å². The second-order valence-corrected chi connectivity index (χ2v) is 10.2. The number of hydrogen-bond donors (Lipinski definition) is 3. The number of pyridine rings is 1. The van der Waals surface area contributed by atoms with E-state index in [1.165, 1.54) is 46.4 Å². The maximum atomic E-state index is 14.0. The van der Waals surface area contributed by atoms with E-state index < -0.39 is 11.7 Å². The molecule has 0 saturated carbocycles. The number of rotatable bonds is 7. The minimum absolute atomic E-state index is 0.0214. The van der Waals surface area contributed by atoms with Crippen LogP contribution in [0, 0.1) is 5.82 Å². The zero-order chi connectivity index (χ0) is 24.5. The Morgan fingerprint density at radius 1 is 1.14 bits per heavy atom. The molecule has 0 aliphatic rings. The molecule has 8 nitrogen and oxygen atoms in total. The second kappa shape index (κ2) is 9.45. The molecule has 178 valence electrons. The fourth-order valence-corrected chi connectivity index (χ4v) is 5.30. The molecule has 1 amide bonds. The quantitative estimate of drug-likeness (QED) is 0.259. The highest BCUT2D eigenvalue weighted by atomic mass is 32.1. The van der Waals surface area contributed by atoms with Crippen molar-refractivity contribution in [2.24, 2.45) is 0 Å². The minimum atomic E-state index is -0.579. The Hall–Kier alpha value is -3.80. The SMILES string of the molecule is CN(C)Cc1ccn2c(-c3cnc(Nc4ccc(C(=O)Nc5c(N)cccc5F)s4)s3)cnc2c1. The maximum Gasteiger partial charge on any atom is 0.265 e. The van der Waals surface area contributed by atoms with E-state index >= 15 is 0 Å². The Morgan fingerprint density at radius 3 is 2.80 bits per heavy atom. The van der Waals surface area contributed by atoms with Gasteiger partial charge in [-0.15, -0.1) is 11.3 Å². The zero-order valence-electron chi connectivity index (χ0n) is 18.9. The van der Waals surface area contributed by atoms with Gasteiger partial charge in [0.2, 0.25) is 0 Å². The van der Waals surface area contributed by atoms with Crippen LogP contribution in [0.1, 0.15) is 15.2 Å². The van der Waals surface area contributed by atoms with E-state index in [0.717, 1.165) is 27.8 Å². The summed E-state index contributed by atoms with van der Waals surface area (Å²) >= 11 is 2.73. The number of carbonyl (C=O) groups excluding carboxylic acids is 1. The van der Waals surface area contributed by atoms with Crippen LogP contribution in [-0.4, -0.2) is 39.3 Å². The summed E-state index contributed by atoms with van der Waals surface area (Å²) < 4.78 is 16.0. The van der Waals surface area contributed by atoms with Crippen LogP contribution in [0.5, 0.6) is 0 Å². The van der Waals surface area contributed by atoms with Crippen molar-refractivity contribution >= 4 is 55.7 Å². The van der Waals surface area contributed by atoms with Gasteiger partial charge in [-0.1, -0.05) is 17.4 Å². The number of amides is 1. The fourth-order valence-electron chi connectivity index (χ4n) is 3.60. The number of aromatic nitrogens is 3. The van der Waals surface area contributed by atoms with E-state index in [-0.39, 0.29) is 11.4 Å². The minimum Gasteiger partial charge on any atom is -0.397 e. The molecule has 0 saturated heterocycles. The van der Waals surface area contributed by atoms with Gasteiger partial charge in [-0.25, -0.2) is 14.4 Å². The molecule has 0 radical (unpaired) electrons. The van der Waals surface area contributed by atoms with Gasteiger partial charge in [0, 0.05) is 18.9 Å². The van der Waals surface area contributed by atoms with Crippen LogP contribution >= 0.6 is 22.7 Å². The van der Waals surface area contributed by atoms with Gasteiger partial charge in [0.05, 0.1) is 32.3 Å². The molecule has 0 bridgehead atoms. The Balaban J connectivity index is 1.30. The van der Waals surface area contributed by atoms with Gasteiger partial charge in [0.1, 0.15) is 17.2 Å². The van der Waals surface area contributed by atoms with Crippen molar-refractivity contribution in [3.63, 3.8) is 0 Å². The van der Waals surface area contributed by atoms with Gasteiger partial charge in [0.15, 0.2) is 5.13 Å². The van der Waals surface area contributed by atoms with E-state index in [2.05, 4.69) is 37.6 Å². The second-order valence-electron chi connectivity index (χ2n) is 8.12. The molecule has 1 aromatic carbocycles. The highest BCUT2D eigenvalue weighted by Gasteiger charge is 2.15. The van der Waals surface area contributed by atoms with E-state index in [4.69, 9.17) is 5.73 Å². The molecule has 4 heterocycles. The first kappa shape index (κ1) is 23.0. The van der Waals surface area contributed by atoms with E-state index in [1.54, 1.807) is 18.3 Å². The Labute approximate surface area is 208 Å². The molecule has 11 heteroatoms. The summed E-state index contributed by atoms with van der Waals surface area (Å²) in [7, 11) is 4.07. The monoisotopic (exact) mass is 507 g/mol. The molecule has 4 N–H and O–H groups in total. The largest absolute Gasteiger partial charge is 0.397 e. The number of imidazole rings is 1. The van der Waals surface area contributed by atoms with Crippen molar-refractivity contribution in [3.8, 4) is 10.6 Å². The molecule has 5 aromatic rings. The van der Waals surface area contributed by atoms with Crippen LogP contribution in [0.2, 0.25) is 0 Å². The zero-order valence-corrected chi connectivity index (χ0v) is 20.6. The van der Waals surface area contributed by atoms with Gasteiger partial charge >= 0.3 is 0 Å². The fraction of sp³-hybridized carbons (Fsp3) is 0.125. The van der Waals surface area contributed by atoms with Gasteiger partial charge < -0.3 is 21.3 Å². The highest BCUT2D eigenvalue weighted by molar-refractivity contribution is 7.20. The third-order valence-electron chi connectivity index (χ3n) is 5.18. The van der Waals surface area contributed by atoms with Crippen LogP contribution in [0.3, 0.4) is 0 Å². The molecule has 0 unspecified atom stereocenters. The lowest BCUT2D eigenvalue weighted by Crippen LogP contribution is -2.13. The van der Waals surface area contributed by atoms with Crippen molar-refractivity contribution in [1.82, 2.24) is 19.3 Å². The number of nitrogens with two attached hydrogens (primary N) is 1. The van der Waals surface area contributed by atoms with Crippen LogP contribution in [0.15, 0.2) is 61.1 Å². The lowest BCUT2D eigenvalue weighted by Gasteiger charge is -2.09. The molecule has 0 fully saturated rings. The first-order valence-electron chi connectivity index (χ1n) is 10.7. The third kappa shape index (κ3) is 4.87. The molecule has 0 aliphatic carbocycles. The highest BCUT2D eigenvalue weighted by Crippen LogP contribution is 2.33. The molecular weight excluding hydrogens is 485 g/mol. The third-order valence-corrected chi connectivity index (χ3v) is 7.11. The first-order chi connectivity index (χ1) is 16.9. The summed E-state index contributed by atoms with van der Waals surface area (Å²) in [6.45, 7) is 0.849. The molecule has 0 aliphatic heterocycles. The van der Waals surface area contributed by atoms with Crippen molar-refractivity contribution in [2.45, 2.75) is 6.54 Å². The average Bonchev–Trinajstić information content (AvgIpc) is 3.55. The molecule has 35 heavy (non-hydrogen) atoms. The van der Waals surface area contributed by atoms with Crippen LogP contribution in [-0.2, 0) is 6.54 Å². The predicted molar refractivity (Wildman–Crippen MR) is 140 cm³/mol. The van der Waals surface area contributed by atoms with Crippen LogP contribution in [0.25, 0.3) is 16.2 Å². The van der Waals surface area contributed by atoms with Gasteiger partial charge in [-0.05, 0) is 56.1 Å². The first-order valence-corrected chi connectivity index (χ1v) is 12.3. The molecule has 5 rings (SSSR count). The van der Waals surface area contributed by atoms with Gasteiger partial charge in [-0.2, -0.15) is 0 Å². The molecular formula is C24H22FN7OS2. The number of nitrogen functional groups attached to an aromatic ring is 1. The standard InChI is InChI=1S/C24H22FN7OS2/c1-31(2)13-14-8-9-32-17(11-27-20(32)10-14)19-12-28-24(35-19)29-21-7-6-18(34-21)23(33)30-22-15(25)4-3-5-16(22)26/h3-12H,13,26H2,1-2H3,(H,28,29)(H,30,33). The molecule has 4 aromatic heterocycles. The molecule has 0 spiro atoms. The summed E-state index contributed by atoms with van der Waals surface area (Å²) in [5.74, 6) is -1.01. The normalized spacial score (nSPS) is 11.3. The predicted octanol–water partition coefficient (Wildman–Crippen LogP) is 5.30. The number of nitrogens with zero attached hydrogens (tertiary/aromatic N) is 4. The maximum absolute atomic E-state index is 14.0. The average molecular weight is 508 g/mol. The topological polar surface area (TPSA) is 101 Å². The lowest BCUT2D eigenvalue weighted by molar-refractivity contribution is 0.103. The van der Waals surface area contributed by atoms with Crippen molar-refractivity contribution in [1.29, 1.82) is 0 Å². The number of fused-ring (bicyclic) bond motifs is 1. The Bertz CT molecular complexity index is 1500. The number of benzene rings is 1. The Morgan fingerprint density at radius 2 is 2.00 bits per heavy atom. The van der Waals surface area contributed by atoms with Gasteiger partial charge in [0.25, 0.3) is 5.91 Å². The summed E-state index contributed by atoms with van der Waals surface area (Å²) in [5, 5.41) is 7.21. The number of para-hydroxylation sites is 1. The van der Waals surface area contributed by atoms with Crippen molar-refractivity contribution in [2.75, 3.05) is 30.5 Å². The summed E-state index contributed by atoms with van der Waals surface area (Å²) in [4.78, 5) is 25.1. The van der Waals surface area contributed by atoms with Crippen LogP contribution in [0.4, 0.5) is 25.9 Å². The van der Waals surface area contributed by atoms with E-state index in [9.17, 15) is 9.18 Å². The number of thiazole rings is 1. The summed E-state index contributed by atoms with van der Waals surface area (Å²) in [5.41, 5.74) is 8.96. The number of hydrogen-bond acceptors (Lipinski definition) is 8. The smallest absolute Gasteiger partial charge is 0.265 e. The number of nitrogens with one attached hydrogen (secondary N) is 2. The summed E-state index contributed by atoms with van der Waals surface area (Å²) in [6, 6.07) is 11.9. The van der Waals surface area contributed by atoms with Gasteiger partial charge in [-0.3, -0.25) is 9.20 Å². The molecule has 0 atom stereocenters. The lowest BCUT2D eigenvalue weighted by atomic mass is 10.2. The van der Waals surface area contributed by atoms with Crippen LogP contribution < -0.4 is 16.4 Å². The number of carbonyl (C=O) groups is 1. The van der Waals surface area contributed by atoms with E-state index in [0.29, 0.717) is 10.0 Å².